The van der Waals surface area contributed by atoms with Crippen molar-refractivity contribution < 1.29 is 0 Å². The Bertz CT molecular complexity index is 1540. The third-order valence-electron chi connectivity index (χ3n) is 6.90. The van der Waals surface area contributed by atoms with Crippen molar-refractivity contribution in [2.45, 2.75) is 0 Å². The fourth-order valence-electron chi connectivity index (χ4n) is 4.99. The first kappa shape index (κ1) is 24.4. The molecular weight excluding hydrogens is 540 g/mol. The van der Waals surface area contributed by atoms with Crippen LogP contribution in [-0.2, 0) is 0 Å². The minimum atomic E-state index is -1.29. The van der Waals surface area contributed by atoms with Crippen LogP contribution in [0.3, 0.4) is 0 Å². The Labute approximate surface area is 235 Å². The Morgan fingerprint density at radius 2 is 0.763 bits per heavy atom. The molecule has 6 aromatic rings. The van der Waals surface area contributed by atoms with Gasteiger partial charge in [0.25, 0.3) is 0 Å². The molecule has 0 bridgehead atoms. The second-order valence-electron chi connectivity index (χ2n) is 9.32. The highest BCUT2D eigenvalue weighted by Crippen LogP contribution is 2.23. The molecule has 0 aliphatic carbocycles. The van der Waals surface area contributed by atoms with Crippen molar-refractivity contribution >= 4 is 40.3 Å². The number of hydrogen-bond acceptors (Lipinski definition) is 0. The summed E-state index contributed by atoms with van der Waals surface area (Å²) in [5.41, 5.74) is 7.51. The number of rotatable bonds is 6. The SMILES string of the molecule is Brc1ccc([Si](c2ccc(-c3ccccc3)cc2)c2ccc(-c3ccccc3)cc2)c(-c2ccccc2)c1. The molecule has 1 radical (unpaired) electrons. The minimum absolute atomic E-state index is 1.10. The third kappa shape index (κ3) is 5.19. The Balaban J connectivity index is 1.49. The van der Waals surface area contributed by atoms with E-state index in [1.807, 2.05) is 0 Å². The summed E-state index contributed by atoms with van der Waals surface area (Å²) in [5, 5.41) is 4.15. The number of hydrogen-bond donors (Lipinski definition) is 0. The molecule has 0 aromatic heterocycles. The van der Waals surface area contributed by atoms with Crippen LogP contribution in [0.2, 0.25) is 0 Å². The summed E-state index contributed by atoms with van der Waals surface area (Å²) in [4.78, 5) is 0. The fraction of sp³-hybridized carbons (Fsp3) is 0. The fourth-order valence-corrected chi connectivity index (χ4v) is 8.04. The van der Waals surface area contributed by atoms with E-state index in [9.17, 15) is 0 Å². The van der Waals surface area contributed by atoms with Crippen LogP contribution in [-0.4, -0.2) is 8.80 Å². The quantitative estimate of drug-likeness (QED) is 0.142. The molecule has 0 N–H and O–H groups in total. The molecule has 0 spiro atoms. The third-order valence-corrected chi connectivity index (χ3v) is 10.2. The number of benzene rings is 6. The number of halogens is 1. The maximum absolute atomic E-state index is 3.74. The lowest BCUT2D eigenvalue weighted by Gasteiger charge is -2.21. The molecule has 0 heterocycles. The first-order valence-electron chi connectivity index (χ1n) is 12.8. The molecule has 0 aliphatic heterocycles. The molecule has 0 saturated heterocycles. The summed E-state index contributed by atoms with van der Waals surface area (Å²) in [6, 6.07) is 57.1. The van der Waals surface area contributed by atoms with Gasteiger partial charge in [-0.25, -0.2) is 0 Å². The van der Waals surface area contributed by atoms with E-state index >= 15 is 0 Å². The van der Waals surface area contributed by atoms with E-state index in [0.29, 0.717) is 0 Å². The van der Waals surface area contributed by atoms with Gasteiger partial charge in [0, 0.05) is 4.47 Å². The van der Waals surface area contributed by atoms with Crippen LogP contribution >= 0.6 is 15.9 Å². The van der Waals surface area contributed by atoms with E-state index in [1.54, 1.807) is 0 Å². The second kappa shape index (κ2) is 11.2. The van der Waals surface area contributed by atoms with Crippen molar-refractivity contribution in [1.82, 2.24) is 0 Å². The summed E-state index contributed by atoms with van der Waals surface area (Å²) >= 11 is 3.74. The minimum Gasteiger partial charge on any atom is -0.0622 e. The average molecular weight is 567 g/mol. The van der Waals surface area contributed by atoms with Crippen molar-refractivity contribution in [3.05, 3.63) is 162 Å². The lowest BCUT2D eigenvalue weighted by Crippen LogP contribution is -2.52. The molecule has 181 valence electrons. The van der Waals surface area contributed by atoms with Crippen LogP contribution in [0.4, 0.5) is 0 Å². The summed E-state index contributed by atoms with van der Waals surface area (Å²) in [6.07, 6.45) is 0. The van der Waals surface area contributed by atoms with Gasteiger partial charge >= 0.3 is 0 Å². The average Bonchev–Trinajstić information content (AvgIpc) is 3.00. The molecule has 0 fully saturated rings. The first-order valence-corrected chi connectivity index (χ1v) is 15.1. The van der Waals surface area contributed by atoms with Gasteiger partial charge < -0.3 is 0 Å². The van der Waals surface area contributed by atoms with E-state index in [2.05, 4.69) is 174 Å². The van der Waals surface area contributed by atoms with E-state index in [0.717, 1.165) is 4.47 Å². The first-order chi connectivity index (χ1) is 18.8. The Kier molecular flexibility index (Phi) is 7.17. The van der Waals surface area contributed by atoms with Gasteiger partial charge in [0.2, 0.25) is 0 Å². The zero-order valence-corrected chi connectivity index (χ0v) is 23.5. The van der Waals surface area contributed by atoms with Gasteiger partial charge in [0.05, 0.1) is 0 Å². The molecule has 0 saturated carbocycles. The normalized spacial score (nSPS) is 11.0. The van der Waals surface area contributed by atoms with E-state index in [1.165, 1.54) is 48.9 Å². The smallest absolute Gasteiger partial charge is 0.0622 e. The molecule has 0 aliphatic rings. The molecule has 2 heteroatoms. The second-order valence-corrected chi connectivity index (χ2v) is 12.7. The maximum Gasteiger partial charge on any atom is 0.155 e. The Morgan fingerprint density at radius 1 is 0.368 bits per heavy atom. The molecule has 0 atom stereocenters. The van der Waals surface area contributed by atoms with Crippen LogP contribution in [0.5, 0.6) is 0 Å². The van der Waals surface area contributed by atoms with Crippen LogP contribution < -0.4 is 15.6 Å². The zero-order valence-electron chi connectivity index (χ0n) is 20.9. The largest absolute Gasteiger partial charge is 0.155 e. The molecule has 6 aromatic carbocycles. The van der Waals surface area contributed by atoms with E-state index in [4.69, 9.17) is 0 Å². The van der Waals surface area contributed by atoms with Gasteiger partial charge in [-0.05, 0) is 50.7 Å². The van der Waals surface area contributed by atoms with Gasteiger partial charge in [-0.15, -0.1) is 0 Å². The predicted molar refractivity (Wildman–Crippen MR) is 168 cm³/mol. The molecule has 0 nitrogen and oxygen atoms in total. The maximum atomic E-state index is 3.74. The van der Waals surface area contributed by atoms with Gasteiger partial charge in [-0.3, -0.25) is 0 Å². The van der Waals surface area contributed by atoms with Crippen molar-refractivity contribution in [3.63, 3.8) is 0 Å². The summed E-state index contributed by atoms with van der Waals surface area (Å²) in [7, 11) is -1.29. The molecule has 0 amide bonds. The van der Waals surface area contributed by atoms with Crippen LogP contribution in [0.15, 0.2) is 162 Å². The Hall–Kier alpha value is -3.98. The Morgan fingerprint density at radius 3 is 1.21 bits per heavy atom. The van der Waals surface area contributed by atoms with E-state index in [-0.39, 0.29) is 0 Å². The highest BCUT2D eigenvalue weighted by atomic mass is 79.9. The monoisotopic (exact) mass is 565 g/mol. The van der Waals surface area contributed by atoms with Gasteiger partial charge in [0.1, 0.15) is 0 Å². The highest BCUT2D eigenvalue weighted by molar-refractivity contribution is 9.10. The summed E-state index contributed by atoms with van der Waals surface area (Å²) in [6.45, 7) is 0. The van der Waals surface area contributed by atoms with Crippen molar-refractivity contribution in [2.24, 2.45) is 0 Å². The molecule has 38 heavy (non-hydrogen) atoms. The molecule has 0 unspecified atom stereocenters. The highest BCUT2D eigenvalue weighted by Gasteiger charge is 2.23. The lowest BCUT2D eigenvalue weighted by molar-refractivity contribution is 1.61. The van der Waals surface area contributed by atoms with Crippen molar-refractivity contribution in [1.29, 1.82) is 0 Å². The zero-order chi connectivity index (χ0) is 25.7. The van der Waals surface area contributed by atoms with Crippen molar-refractivity contribution in [3.8, 4) is 33.4 Å². The van der Waals surface area contributed by atoms with Crippen molar-refractivity contribution in [2.75, 3.05) is 0 Å². The lowest BCUT2D eigenvalue weighted by atomic mass is 10.1. The summed E-state index contributed by atoms with van der Waals surface area (Å²) in [5.74, 6) is 0. The predicted octanol–water partition coefficient (Wildman–Crippen LogP) is 7.97. The summed E-state index contributed by atoms with van der Waals surface area (Å²) < 4.78 is 1.10. The van der Waals surface area contributed by atoms with Crippen LogP contribution in [0, 0.1) is 0 Å². The van der Waals surface area contributed by atoms with Crippen LogP contribution in [0.1, 0.15) is 0 Å². The van der Waals surface area contributed by atoms with Gasteiger partial charge in [-0.1, -0.05) is 172 Å². The molecule has 6 rings (SSSR count). The van der Waals surface area contributed by atoms with Gasteiger partial charge in [0.15, 0.2) is 8.80 Å². The molecular formula is C36H26BrSi. The topological polar surface area (TPSA) is 0 Å². The van der Waals surface area contributed by atoms with E-state index < -0.39 is 8.80 Å². The van der Waals surface area contributed by atoms with Crippen LogP contribution in [0.25, 0.3) is 33.4 Å². The standard InChI is InChI=1S/C36H26BrSi/c37-32-20-25-36(35(26-32)31-14-8-3-9-15-31)38(33-21-16-29(17-22-33)27-10-4-1-5-11-27)34-23-18-30(19-24-34)28-12-6-2-7-13-28/h1-26H. The van der Waals surface area contributed by atoms with Gasteiger partial charge in [-0.2, -0.15) is 0 Å².